The third-order valence-corrected chi connectivity index (χ3v) is 4.60. The molecule has 0 saturated carbocycles. The van der Waals surface area contributed by atoms with Gasteiger partial charge in [0.25, 0.3) is 5.91 Å². The molecular weight excluding hydrogens is 418 g/mol. The van der Waals surface area contributed by atoms with E-state index in [1.165, 1.54) is 11.3 Å². The van der Waals surface area contributed by atoms with E-state index in [9.17, 15) is 9.59 Å². The molecule has 3 rings (SSSR count). The van der Waals surface area contributed by atoms with Crippen molar-refractivity contribution in [1.29, 1.82) is 0 Å². The molecule has 0 bridgehead atoms. The first-order valence-corrected chi connectivity index (χ1v) is 9.22. The van der Waals surface area contributed by atoms with Gasteiger partial charge in [-0.15, -0.1) is 11.3 Å². The van der Waals surface area contributed by atoms with E-state index in [4.69, 9.17) is 10.5 Å². The molecule has 0 unspecified atom stereocenters. The highest BCUT2D eigenvalue weighted by molar-refractivity contribution is 9.10. The highest BCUT2D eigenvalue weighted by atomic mass is 79.9. The number of aromatic nitrogens is 1. The van der Waals surface area contributed by atoms with E-state index >= 15 is 0 Å². The van der Waals surface area contributed by atoms with Crippen molar-refractivity contribution in [3.8, 4) is 11.3 Å². The zero-order valence-electron chi connectivity index (χ0n) is 13.4. The number of anilines is 2. The summed E-state index contributed by atoms with van der Waals surface area (Å²) in [6, 6.07) is 14.0. The van der Waals surface area contributed by atoms with Crippen LogP contribution in [-0.4, -0.2) is 23.5 Å². The predicted octanol–water partition coefficient (Wildman–Crippen LogP) is 3.95. The van der Waals surface area contributed by atoms with Crippen LogP contribution in [0.4, 0.5) is 10.8 Å². The number of rotatable bonds is 5. The number of halogens is 1. The summed E-state index contributed by atoms with van der Waals surface area (Å²) in [4.78, 5) is 28.2. The number of nitrogen functional groups attached to an aromatic ring is 1. The van der Waals surface area contributed by atoms with Crippen LogP contribution in [0.5, 0.6) is 0 Å². The molecule has 0 saturated heterocycles. The Labute approximate surface area is 162 Å². The Kier molecular flexibility index (Phi) is 5.65. The van der Waals surface area contributed by atoms with Gasteiger partial charge in [0.1, 0.15) is 0 Å². The van der Waals surface area contributed by atoms with Crippen molar-refractivity contribution >= 4 is 50.0 Å². The summed E-state index contributed by atoms with van der Waals surface area (Å²) in [5.74, 6) is -1.04. The van der Waals surface area contributed by atoms with E-state index in [0.29, 0.717) is 16.4 Å². The Hall–Kier alpha value is -2.71. The number of nitrogens with two attached hydrogens (primary N) is 1. The van der Waals surface area contributed by atoms with Crippen LogP contribution in [0.1, 0.15) is 10.4 Å². The highest BCUT2D eigenvalue weighted by Crippen LogP contribution is 2.26. The molecule has 1 heterocycles. The minimum atomic E-state index is -0.589. The van der Waals surface area contributed by atoms with Crippen LogP contribution in [0.3, 0.4) is 0 Å². The van der Waals surface area contributed by atoms with Gasteiger partial charge in [-0.25, -0.2) is 9.78 Å². The molecule has 0 aliphatic carbocycles. The second kappa shape index (κ2) is 8.11. The van der Waals surface area contributed by atoms with Gasteiger partial charge in [-0.05, 0) is 36.4 Å². The van der Waals surface area contributed by atoms with Gasteiger partial charge in [-0.1, -0.05) is 28.1 Å². The monoisotopic (exact) mass is 431 g/mol. The number of hydrogen-bond acceptors (Lipinski definition) is 6. The molecule has 3 N–H and O–H groups in total. The van der Waals surface area contributed by atoms with Gasteiger partial charge in [0.05, 0.1) is 11.3 Å². The lowest BCUT2D eigenvalue weighted by molar-refractivity contribution is -0.119. The first-order valence-electron chi connectivity index (χ1n) is 7.55. The Bertz CT molecular complexity index is 941. The summed E-state index contributed by atoms with van der Waals surface area (Å²) in [5, 5.41) is 4.91. The molecule has 132 valence electrons. The van der Waals surface area contributed by atoms with E-state index in [1.807, 2.05) is 29.6 Å². The zero-order valence-corrected chi connectivity index (χ0v) is 15.8. The molecule has 8 heteroatoms. The number of hydrogen-bond donors (Lipinski definition) is 2. The summed E-state index contributed by atoms with van der Waals surface area (Å²) < 4.78 is 5.94. The van der Waals surface area contributed by atoms with Crippen molar-refractivity contribution in [3.63, 3.8) is 0 Å². The molecule has 6 nitrogen and oxygen atoms in total. The molecule has 1 aromatic heterocycles. The van der Waals surface area contributed by atoms with Crippen LogP contribution in [0.2, 0.25) is 0 Å². The van der Waals surface area contributed by atoms with Crippen LogP contribution < -0.4 is 11.1 Å². The molecule has 0 aliphatic heterocycles. The number of nitrogens with zero attached hydrogens (tertiary/aromatic N) is 1. The normalized spacial score (nSPS) is 10.3. The third-order valence-electron chi connectivity index (χ3n) is 3.35. The van der Waals surface area contributed by atoms with Crippen LogP contribution in [0.15, 0.2) is 58.4 Å². The molecule has 0 fully saturated rings. The quantitative estimate of drug-likeness (QED) is 0.470. The third kappa shape index (κ3) is 4.68. The standard InChI is InChI=1S/C18H14BrN3O3S/c19-13-3-1-2-12(8-13)15-10-26-18(21-15)22-16(23)9-25-17(24)11-4-6-14(20)7-5-11/h1-8,10H,9,20H2,(H,21,22,23). The maximum atomic E-state index is 12.0. The second-order valence-electron chi connectivity index (χ2n) is 5.29. The number of carbonyl (C=O) groups excluding carboxylic acids is 2. The number of benzene rings is 2. The fraction of sp³-hybridized carbons (Fsp3) is 0.0556. The van der Waals surface area contributed by atoms with Gasteiger partial charge in [0, 0.05) is 21.1 Å². The Balaban J connectivity index is 1.55. The summed E-state index contributed by atoms with van der Waals surface area (Å²) in [6.45, 7) is -0.394. The van der Waals surface area contributed by atoms with Gasteiger partial charge in [-0.3, -0.25) is 10.1 Å². The SMILES string of the molecule is Nc1ccc(C(=O)OCC(=O)Nc2nc(-c3cccc(Br)c3)cs2)cc1. The van der Waals surface area contributed by atoms with E-state index in [-0.39, 0.29) is 0 Å². The first kappa shape index (κ1) is 18.1. The molecule has 1 amide bonds. The maximum absolute atomic E-state index is 12.0. The molecule has 0 spiro atoms. The smallest absolute Gasteiger partial charge is 0.338 e. The Morgan fingerprint density at radius 2 is 1.96 bits per heavy atom. The number of nitrogens with one attached hydrogen (secondary N) is 1. The van der Waals surface area contributed by atoms with Crippen molar-refractivity contribution in [2.75, 3.05) is 17.7 Å². The predicted molar refractivity (Wildman–Crippen MR) is 105 cm³/mol. The summed E-state index contributed by atoms with van der Waals surface area (Å²) >= 11 is 4.71. The lowest BCUT2D eigenvalue weighted by atomic mass is 10.2. The van der Waals surface area contributed by atoms with E-state index in [1.54, 1.807) is 24.3 Å². The van der Waals surface area contributed by atoms with Crippen LogP contribution in [0.25, 0.3) is 11.3 Å². The van der Waals surface area contributed by atoms with Crippen LogP contribution in [-0.2, 0) is 9.53 Å². The van der Waals surface area contributed by atoms with Gasteiger partial charge in [0.15, 0.2) is 11.7 Å². The number of esters is 1. The molecule has 26 heavy (non-hydrogen) atoms. The molecule has 0 radical (unpaired) electrons. The maximum Gasteiger partial charge on any atom is 0.338 e. The summed E-state index contributed by atoms with van der Waals surface area (Å²) in [7, 11) is 0. The van der Waals surface area contributed by atoms with Crippen LogP contribution in [0, 0.1) is 0 Å². The highest BCUT2D eigenvalue weighted by Gasteiger charge is 2.12. The first-order chi connectivity index (χ1) is 12.5. The average Bonchev–Trinajstić information content (AvgIpc) is 3.09. The van der Waals surface area contributed by atoms with Crippen molar-refractivity contribution in [2.45, 2.75) is 0 Å². The van der Waals surface area contributed by atoms with E-state index < -0.39 is 18.5 Å². The molecule has 0 aliphatic rings. The topological polar surface area (TPSA) is 94.3 Å². The van der Waals surface area contributed by atoms with Crippen LogP contribution >= 0.6 is 27.3 Å². The number of ether oxygens (including phenoxy) is 1. The molecule has 3 aromatic rings. The van der Waals surface area contributed by atoms with Gasteiger partial charge < -0.3 is 10.5 Å². The fourth-order valence-electron chi connectivity index (χ4n) is 2.10. The van der Waals surface area contributed by atoms with Gasteiger partial charge in [0.2, 0.25) is 0 Å². The molecular formula is C18H14BrN3O3S. The fourth-order valence-corrected chi connectivity index (χ4v) is 3.24. The lowest BCUT2D eigenvalue weighted by Crippen LogP contribution is -2.20. The zero-order chi connectivity index (χ0) is 18.5. The summed E-state index contributed by atoms with van der Waals surface area (Å²) in [6.07, 6.45) is 0. The average molecular weight is 432 g/mol. The minimum Gasteiger partial charge on any atom is -0.452 e. The van der Waals surface area contributed by atoms with Crippen molar-refractivity contribution in [1.82, 2.24) is 4.98 Å². The van der Waals surface area contributed by atoms with Gasteiger partial charge >= 0.3 is 5.97 Å². The Morgan fingerprint density at radius 1 is 1.19 bits per heavy atom. The lowest BCUT2D eigenvalue weighted by Gasteiger charge is -2.05. The van der Waals surface area contributed by atoms with Crippen molar-refractivity contribution in [2.24, 2.45) is 0 Å². The van der Waals surface area contributed by atoms with Gasteiger partial charge in [-0.2, -0.15) is 0 Å². The number of amides is 1. The number of thiazole rings is 1. The number of carbonyl (C=O) groups is 2. The van der Waals surface area contributed by atoms with E-state index in [2.05, 4.69) is 26.2 Å². The van der Waals surface area contributed by atoms with E-state index in [0.717, 1.165) is 15.7 Å². The van der Waals surface area contributed by atoms with Crippen molar-refractivity contribution in [3.05, 3.63) is 63.9 Å². The largest absolute Gasteiger partial charge is 0.452 e. The second-order valence-corrected chi connectivity index (χ2v) is 7.07. The minimum absolute atomic E-state index is 0.332. The molecule has 0 atom stereocenters. The Morgan fingerprint density at radius 3 is 2.69 bits per heavy atom. The molecule has 2 aromatic carbocycles. The van der Waals surface area contributed by atoms with Crippen molar-refractivity contribution < 1.29 is 14.3 Å². The summed E-state index contributed by atoms with van der Waals surface area (Å²) in [5.41, 5.74) is 8.13.